The van der Waals surface area contributed by atoms with Crippen molar-refractivity contribution >= 4 is 5.69 Å². The van der Waals surface area contributed by atoms with Crippen molar-refractivity contribution in [2.24, 2.45) is 5.92 Å². The molecule has 5 nitrogen and oxygen atoms in total. The van der Waals surface area contributed by atoms with Gasteiger partial charge in [0.1, 0.15) is 5.76 Å². The molecule has 140 valence electrons. The molecule has 0 spiro atoms. The molecule has 26 heavy (non-hydrogen) atoms. The maximum Gasteiger partial charge on any atom is 0.137 e. The third kappa shape index (κ3) is 3.64. The Morgan fingerprint density at radius 1 is 1.15 bits per heavy atom. The number of piperidine rings is 1. The Morgan fingerprint density at radius 2 is 1.92 bits per heavy atom. The summed E-state index contributed by atoms with van der Waals surface area (Å²) in [5, 5.41) is 14.5. The van der Waals surface area contributed by atoms with Gasteiger partial charge in [-0.1, -0.05) is 23.4 Å². The quantitative estimate of drug-likeness (QED) is 0.914. The molecule has 2 fully saturated rings. The van der Waals surface area contributed by atoms with Gasteiger partial charge in [-0.15, -0.1) is 0 Å². The van der Waals surface area contributed by atoms with Crippen molar-refractivity contribution in [3.63, 3.8) is 0 Å². The van der Waals surface area contributed by atoms with Crippen molar-refractivity contribution in [1.82, 2.24) is 10.1 Å². The predicted octanol–water partition coefficient (Wildman–Crippen LogP) is 2.80. The van der Waals surface area contributed by atoms with E-state index in [9.17, 15) is 5.11 Å². The topological polar surface area (TPSA) is 52.7 Å². The van der Waals surface area contributed by atoms with Crippen LogP contribution < -0.4 is 4.90 Å². The number of hydrogen-bond acceptors (Lipinski definition) is 5. The highest BCUT2D eigenvalue weighted by Crippen LogP contribution is 2.29. The summed E-state index contributed by atoms with van der Waals surface area (Å²) in [6.07, 6.45) is 2.83. The largest absolute Gasteiger partial charge is 0.391 e. The van der Waals surface area contributed by atoms with Crippen molar-refractivity contribution in [2.75, 3.05) is 31.1 Å². The van der Waals surface area contributed by atoms with E-state index in [0.717, 1.165) is 56.9 Å². The molecule has 4 rings (SSSR count). The van der Waals surface area contributed by atoms with Crippen LogP contribution in [0.15, 0.2) is 34.9 Å². The van der Waals surface area contributed by atoms with E-state index in [-0.39, 0.29) is 12.0 Å². The fourth-order valence-electron chi connectivity index (χ4n) is 4.55. The van der Waals surface area contributed by atoms with Gasteiger partial charge in [-0.05, 0) is 38.3 Å². The normalized spacial score (nSPS) is 25.1. The number of rotatable bonds is 4. The first-order chi connectivity index (χ1) is 12.6. The molecule has 1 aromatic heterocycles. The first-order valence-corrected chi connectivity index (χ1v) is 9.75. The summed E-state index contributed by atoms with van der Waals surface area (Å²) in [6.45, 7) is 8.05. The Kier molecular flexibility index (Phi) is 5.00. The molecule has 5 heteroatoms. The minimum Gasteiger partial charge on any atom is -0.391 e. The third-order valence-corrected chi connectivity index (χ3v) is 6.01. The monoisotopic (exact) mass is 355 g/mol. The summed E-state index contributed by atoms with van der Waals surface area (Å²) < 4.78 is 5.34. The molecule has 2 atom stereocenters. The average molecular weight is 355 g/mol. The first-order valence-electron chi connectivity index (χ1n) is 9.75. The number of aliphatic hydroxyl groups is 1. The van der Waals surface area contributed by atoms with E-state index in [1.807, 2.05) is 13.0 Å². The van der Waals surface area contributed by atoms with Crippen molar-refractivity contribution in [3.8, 4) is 0 Å². The molecular formula is C21H29N3O2. The van der Waals surface area contributed by atoms with Crippen molar-refractivity contribution in [3.05, 3.63) is 47.3 Å². The third-order valence-electron chi connectivity index (χ3n) is 6.01. The standard InChI is InChI=1S/C21H29N3O2/c1-15-5-3-4-6-20(15)23-9-7-18(8-10-23)24-13-17(21(25)14-24)12-19-11-16(2)22-26-19/h3-6,11,17-18,21,25H,7-10,12-14H2,1-2H3. The van der Waals surface area contributed by atoms with Gasteiger partial charge in [0.2, 0.25) is 0 Å². The fourth-order valence-corrected chi connectivity index (χ4v) is 4.55. The summed E-state index contributed by atoms with van der Waals surface area (Å²) in [5.41, 5.74) is 3.63. The molecule has 1 aromatic carbocycles. The van der Waals surface area contributed by atoms with Gasteiger partial charge in [0.15, 0.2) is 0 Å². The van der Waals surface area contributed by atoms with Crippen LogP contribution in [0, 0.1) is 19.8 Å². The van der Waals surface area contributed by atoms with E-state index < -0.39 is 0 Å². The summed E-state index contributed by atoms with van der Waals surface area (Å²) in [7, 11) is 0. The van der Waals surface area contributed by atoms with Crippen LogP contribution >= 0.6 is 0 Å². The fraction of sp³-hybridized carbons (Fsp3) is 0.571. The van der Waals surface area contributed by atoms with E-state index in [1.54, 1.807) is 0 Å². The number of aromatic nitrogens is 1. The molecule has 0 radical (unpaired) electrons. The maximum absolute atomic E-state index is 10.5. The van der Waals surface area contributed by atoms with Gasteiger partial charge >= 0.3 is 0 Å². The number of para-hydroxylation sites is 1. The highest BCUT2D eigenvalue weighted by atomic mass is 16.5. The number of β-amino-alcohol motifs (C(OH)–C–C–N with tert-alkyl or cyclic N) is 1. The zero-order valence-electron chi connectivity index (χ0n) is 15.8. The van der Waals surface area contributed by atoms with Crippen LogP contribution in [-0.2, 0) is 6.42 Å². The van der Waals surface area contributed by atoms with Gasteiger partial charge in [0.05, 0.1) is 11.8 Å². The molecule has 0 bridgehead atoms. The number of anilines is 1. The molecule has 2 unspecified atom stereocenters. The maximum atomic E-state index is 10.5. The molecule has 0 amide bonds. The summed E-state index contributed by atoms with van der Waals surface area (Å²) in [4.78, 5) is 5.00. The lowest BCUT2D eigenvalue weighted by molar-refractivity contribution is 0.129. The van der Waals surface area contributed by atoms with Gasteiger partial charge in [0.25, 0.3) is 0 Å². The lowest BCUT2D eigenvalue weighted by Crippen LogP contribution is -2.44. The number of benzene rings is 1. The van der Waals surface area contributed by atoms with Crippen molar-refractivity contribution < 1.29 is 9.63 Å². The second-order valence-electron chi connectivity index (χ2n) is 7.92. The Bertz CT molecular complexity index is 736. The average Bonchev–Trinajstić information content (AvgIpc) is 3.22. The molecule has 2 aliphatic rings. The number of aliphatic hydroxyl groups excluding tert-OH is 1. The Hall–Kier alpha value is -1.85. The Labute approximate surface area is 155 Å². The number of nitrogens with zero attached hydrogens (tertiary/aromatic N) is 3. The SMILES string of the molecule is Cc1cc(CC2CN(C3CCN(c4ccccc4C)CC3)CC2O)on1. The lowest BCUT2D eigenvalue weighted by atomic mass is 10.00. The number of hydrogen-bond donors (Lipinski definition) is 1. The zero-order valence-corrected chi connectivity index (χ0v) is 15.8. The minimum absolute atomic E-state index is 0.247. The summed E-state index contributed by atoms with van der Waals surface area (Å²) in [6, 6.07) is 11.2. The number of aryl methyl sites for hydroxylation is 2. The van der Waals surface area contributed by atoms with Crippen LogP contribution in [0.5, 0.6) is 0 Å². The predicted molar refractivity (Wildman–Crippen MR) is 102 cm³/mol. The van der Waals surface area contributed by atoms with Gasteiger partial charge in [-0.2, -0.15) is 0 Å². The molecule has 0 saturated carbocycles. The second kappa shape index (κ2) is 7.41. The van der Waals surface area contributed by atoms with E-state index in [2.05, 4.69) is 46.1 Å². The summed E-state index contributed by atoms with van der Waals surface area (Å²) in [5.74, 6) is 1.14. The first kappa shape index (κ1) is 17.6. The Morgan fingerprint density at radius 3 is 2.62 bits per heavy atom. The minimum atomic E-state index is -0.269. The van der Waals surface area contributed by atoms with E-state index in [4.69, 9.17) is 4.52 Å². The van der Waals surface area contributed by atoms with Crippen molar-refractivity contribution in [2.45, 2.75) is 45.3 Å². The lowest BCUT2D eigenvalue weighted by Gasteiger charge is -2.38. The molecule has 1 N–H and O–H groups in total. The van der Waals surface area contributed by atoms with Crippen molar-refractivity contribution in [1.29, 1.82) is 0 Å². The van der Waals surface area contributed by atoms with Gasteiger partial charge in [0, 0.05) is 56.3 Å². The van der Waals surface area contributed by atoms with Gasteiger partial charge in [-0.25, -0.2) is 0 Å². The summed E-state index contributed by atoms with van der Waals surface area (Å²) >= 11 is 0. The van der Waals surface area contributed by atoms with E-state index in [1.165, 1.54) is 11.3 Å². The van der Waals surface area contributed by atoms with Crippen LogP contribution in [0.4, 0.5) is 5.69 Å². The highest BCUT2D eigenvalue weighted by molar-refractivity contribution is 5.53. The van der Waals surface area contributed by atoms with Crippen LogP contribution in [0.1, 0.15) is 29.9 Å². The molecule has 0 aliphatic carbocycles. The van der Waals surface area contributed by atoms with E-state index in [0.29, 0.717) is 6.04 Å². The van der Waals surface area contributed by atoms with Crippen LogP contribution in [0.2, 0.25) is 0 Å². The molecular weight excluding hydrogens is 326 g/mol. The van der Waals surface area contributed by atoms with Crippen LogP contribution in [-0.4, -0.2) is 53.5 Å². The molecule has 3 heterocycles. The number of likely N-dealkylation sites (tertiary alicyclic amines) is 1. The zero-order chi connectivity index (χ0) is 18.1. The smallest absolute Gasteiger partial charge is 0.137 e. The Balaban J connectivity index is 1.33. The van der Waals surface area contributed by atoms with E-state index >= 15 is 0 Å². The van der Waals surface area contributed by atoms with Crippen LogP contribution in [0.25, 0.3) is 0 Å². The second-order valence-corrected chi connectivity index (χ2v) is 7.92. The molecule has 2 aliphatic heterocycles. The molecule has 2 saturated heterocycles. The van der Waals surface area contributed by atoms with Gasteiger partial charge < -0.3 is 14.5 Å². The van der Waals surface area contributed by atoms with Crippen LogP contribution in [0.3, 0.4) is 0 Å². The highest BCUT2D eigenvalue weighted by Gasteiger charge is 2.36. The molecule has 2 aromatic rings. The van der Waals surface area contributed by atoms with Gasteiger partial charge in [-0.3, -0.25) is 4.90 Å².